The van der Waals surface area contributed by atoms with Crippen molar-refractivity contribution in [1.29, 1.82) is 0 Å². The third-order valence-electron chi connectivity index (χ3n) is 3.13. The van der Waals surface area contributed by atoms with Gasteiger partial charge in [-0.1, -0.05) is 6.07 Å². The average molecular weight is 205 g/mol. The minimum absolute atomic E-state index is 0.262. The molecule has 3 nitrogen and oxygen atoms in total. The van der Waals surface area contributed by atoms with E-state index in [2.05, 4.69) is 0 Å². The fraction of sp³-hybridized carbons (Fsp3) is 0.417. The lowest BCUT2D eigenvalue weighted by atomic mass is 9.94. The Morgan fingerprint density at radius 2 is 1.93 bits per heavy atom. The van der Waals surface area contributed by atoms with E-state index in [1.807, 2.05) is 19.9 Å². The van der Waals surface area contributed by atoms with Crippen molar-refractivity contribution in [3.05, 3.63) is 34.4 Å². The predicted molar refractivity (Wildman–Crippen MR) is 58.0 cm³/mol. The minimum atomic E-state index is -0.877. The Hall–Kier alpha value is -1.35. The summed E-state index contributed by atoms with van der Waals surface area (Å²) in [5.74, 6) is -0.877. The van der Waals surface area contributed by atoms with Gasteiger partial charge >= 0.3 is 5.97 Å². The number of carboxylic acid groups (broad SMARTS) is 1. The molecule has 0 aromatic heterocycles. The predicted octanol–water partition coefficient (Wildman–Crippen LogP) is 1.95. The second kappa shape index (κ2) is 3.07. The molecule has 1 aromatic carbocycles. The standard InChI is InChI=1S/C12H15NO2/c1-7-5-8(2)10(12(13)3-4-12)6-9(7)11(14)15/h5-6H,3-4,13H2,1-2H3,(H,14,15). The molecule has 0 radical (unpaired) electrons. The van der Waals surface area contributed by atoms with E-state index in [0.29, 0.717) is 5.56 Å². The Labute approximate surface area is 88.9 Å². The van der Waals surface area contributed by atoms with Gasteiger partial charge in [-0.15, -0.1) is 0 Å². The van der Waals surface area contributed by atoms with Crippen LogP contribution >= 0.6 is 0 Å². The molecule has 1 fully saturated rings. The van der Waals surface area contributed by atoms with Crippen LogP contribution in [0.5, 0.6) is 0 Å². The van der Waals surface area contributed by atoms with E-state index < -0.39 is 5.97 Å². The molecule has 0 bridgehead atoms. The van der Waals surface area contributed by atoms with Gasteiger partial charge in [0.05, 0.1) is 5.56 Å². The molecule has 3 heteroatoms. The van der Waals surface area contributed by atoms with Crippen LogP contribution in [0.15, 0.2) is 12.1 Å². The number of benzene rings is 1. The fourth-order valence-corrected chi connectivity index (χ4v) is 2.02. The van der Waals surface area contributed by atoms with Crippen LogP contribution in [-0.2, 0) is 5.54 Å². The van der Waals surface area contributed by atoms with Crippen LogP contribution in [0.25, 0.3) is 0 Å². The lowest BCUT2D eigenvalue weighted by molar-refractivity contribution is 0.0696. The fourth-order valence-electron chi connectivity index (χ4n) is 2.02. The zero-order valence-electron chi connectivity index (χ0n) is 9.00. The van der Waals surface area contributed by atoms with E-state index in [-0.39, 0.29) is 5.54 Å². The van der Waals surface area contributed by atoms with Gasteiger partial charge in [-0.05, 0) is 49.4 Å². The zero-order chi connectivity index (χ0) is 11.2. The molecule has 0 atom stereocenters. The van der Waals surface area contributed by atoms with Crippen molar-refractivity contribution in [2.75, 3.05) is 0 Å². The zero-order valence-corrected chi connectivity index (χ0v) is 9.00. The first kappa shape index (κ1) is 10.2. The van der Waals surface area contributed by atoms with Crippen LogP contribution in [0, 0.1) is 13.8 Å². The minimum Gasteiger partial charge on any atom is -0.478 e. The molecule has 0 saturated heterocycles. The van der Waals surface area contributed by atoms with E-state index in [4.69, 9.17) is 10.8 Å². The van der Waals surface area contributed by atoms with Gasteiger partial charge in [0.25, 0.3) is 0 Å². The number of aromatic carboxylic acids is 1. The Kier molecular flexibility index (Phi) is 2.08. The van der Waals surface area contributed by atoms with Gasteiger partial charge < -0.3 is 10.8 Å². The summed E-state index contributed by atoms with van der Waals surface area (Å²) in [6, 6.07) is 3.64. The van der Waals surface area contributed by atoms with Crippen molar-refractivity contribution in [2.24, 2.45) is 5.73 Å². The molecular formula is C12H15NO2. The van der Waals surface area contributed by atoms with Gasteiger partial charge in [0, 0.05) is 5.54 Å². The smallest absolute Gasteiger partial charge is 0.335 e. The van der Waals surface area contributed by atoms with Crippen LogP contribution < -0.4 is 5.73 Å². The van der Waals surface area contributed by atoms with Crippen LogP contribution in [0.3, 0.4) is 0 Å². The van der Waals surface area contributed by atoms with Crippen LogP contribution in [0.2, 0.25) is 0 Å². The Morgan fingerprint density at radius 3 is 2.40 bits per heavy atom. The largest absolute Gasteiger partial charge is 0.478 e. The SMILES string of the molecule is Cc1cc(C)c(C2(N)CC2)cc1C(=O)O. The molecule has 1 aliphatic carbocycles. The van der Waals surface area contributed by atoms with Gasteiger partial charge in [-0.25, -0.2) is 4.79 Å². The van der Waals surface area contributed by atoms with E-state index in [1.54, 1.807) is 6.07 Å². The first-order valence-electron chi connectivity index (χ1n) is 5.08. The molecule has 3 N–H and O–H groups in total. The maximum absolute atomic E-state index is 11.0. The highest BCUT2D eigenvalue weighted by Gasteiger charge is 2.41. The quantitative estimate of drug-likeness (QED) is 0.775. The summed E-state index contributed by atoms with van der Waals surface area (Å²) < 4.78 is 0. The summed E-state index contributed by atoms with van der Waals surface area (Å²) in [5, 5.41) is 9.03. The molecular weight excluding hydrogens is 190 g/mol. The number of carbonyl (C=O) groups is 1. The molecule has 1 aliphatic rings. The number of hydrogen-bond donors (Lipinski definition) is 2. The lowest BCUT2D eigenvalue weighted by Crippen LogP contribution is -2.21. The molecule has 15 heavy (non-hydrogen) atoms. The number of aryl methyl sites for hydroxylation is 2. The molecule has 1 saturated carbocycles. The van der Waals surface area contributed by atoms with Crippen molar-refractivity contribution >= 4 is 5.97 Å². The van der Waals surface area contributed by atoms with Crippen molar-refractivity contribution in [3.63, 3.8) is 0 Å². The Bertz CT molecular complexity index is 433. The van der Waals surface area contributed by atoms with Gasteiger partial charge in [0.1, 0.15) is 0 Å². The maximum Gasteiger partial charge on any atom is 0.335 e. The molecule has 2 rings (SSSR count). The number of carboxylic acids is 1. The third kappa shape index (κ3) is 1.63. The average Bonchev–Trinajstić information content (AvgIpc) is 2.83. The number of nitrogens with two attached hydrogens (primary N) is 1. The molecule has 0 spiro atoms. The number of rotatable bonds is 2. The van der Waals surface area contributed by atoms with Gasteiger partial charge in [-0.3, -0.25) is 0 Å². The van der Waals surface area contributed by atoms with Crippen molar-refractivity contribution in [3.8, 4) is 0 Å². The van der Waals surface area contributed by atoms with E-state index >= 15 is 0 Å². The molecule has 0 unspecified atom stereocenters. The monoisotopic (exact) mass is 205 g/mol. The van der Waals surface area contributed by atoms with Gasteiger partial charge in [-0.2, -0.15) is 0 Å². The highest BCUT2D eigenvalue weighted by atomic mass is 16.4. The molecule has 1 aromatic rings. The van der Waals surface area contributed by atoms with Gasteiger partial charge in [0.2, 0.25) is 0 Å². The van der Waals surface area contributed by atoms with Gasteiger partial charge in [0.15, 0.2) is 0 Å². The lowest BCUT2D eigenvalue weighted by Gasteiger charge is -2.15. The van der Waals surface area contributed by atoms with Crippen LogP contribution in [0.4, 0.5) is 0 Å². The van der Waals surface area contributed by atoms with Crippen molar-refractivity contribution < 1.29 is 9.90 Å². The normalized spacial score (nSPS) is 17.5. The summed E-state index contributed by atoms with van der Waals surface area (Å²) in [5.41, 5.74) is 9.09. The molecule has 0 aliphatic heterocycles. The van der Waals surface area contributed by atoms with Crippen molar-refractivity contribution in [1.82, 2.24) is 0 Å². The first-order valence-corrected chi connectivity index (χ1v) is 5.08. The first-order chi connectivity index (χ1) is 6.94. The summed E-state index contributed by atoms with van der Waals surface area (Å²) >= 11 is 0. The Balaban J connectivity index is 2.56. The van der Waals surface area contributed by atoms with Crippen molar-refractivity contribution in [2.45, 2.75) is 32.2 Å². The second-order valence-corrected chi connectivity index (χ2v) is 4.44. The summed E-state index contributed by atoms with van der Waals surface area (Å²) in [4.78, 5) is 11.0. The second-order valence-electron chi connectivity index (χ2n) is 4.44. The summed E-state index contributed by atoms with van der Waals surface area (Å²) in [7, 11) is 0. The highest BCUT2D eigenvalue weighted by molar-refractivity contribution is 5.89. The molecule has 80 valence electrons. The van der Waals surface area contributed by atoms with E-state index in [0.717, 1.165) is 29.5 Å². The summed E-state index contributed by atoms with van der Waals surface area (Å²) in [6.07, 6.45) is 1.91. The van der Waals surface area contributed by atoms with Crippen LogP contribution in [0.1, 0.15) is 39.9 Å². The molecule has 0 amide bonds. The highest BCUT2D eigenvalue weighted by Crippen LogP contribution is 2.44. The van der Waals surface area contributed by atoms with E-state index in [9.17, 15) is 4.79 Å². The third-order valence-corrected chi connectivity index (χ3v) is 3.13. The topological polar surface area (TPSA) is 63.3 Å². The number of hydrogen-bond acceptors (Lipinski definition) is 2. The Morgan fingerprint density at radius 1 is 1.33 bits per heavy atom. The molecule has 0 heterocycles. The summed E-state index contributed by atoms with van der Waals surface area (Å²) in [6.45, 7) is 3.80. The maximum atomic E-state index is 11.0. The van der Waals surface area contributed by atoms with E-state index in [1.165, 1.54) is 0 Å². The van der Waals surface area contributed by atoms with Crippen LogP contribution in [-0.4, -0.2) is 11.1 Å².